The second-order valence-corrected chi connectivity index (χ2v) is 2.20. The van der Waals surface area contributed by atoms with Gasteiger partial charge in [0.25, 0.3) is 0 Å². The normalized spacial score (nSPS) is 9.30. The van der Waals surface area contributed by atoms with Gasteiger partial charge in [-0.15, -0.1) is 0 Å². The first-order valence-electron chi connectivity index (χ1n) is 2.60. The minimum Gasteiger partial charge on any atom is -0.389 e. The third-order valence-corrected chi connectivity index (χ3v) is 1.23. The predicted molar refractivity (Wildman–Crippen MR) is 40.1 cm³/mol. The molecule has 1 aromatic heterocycles. The van der Waals surface area contributed by atoms with Crippen molar-refractivity contribution in [1.29, 1.82) is 0 Å². The molecule has 52 valence electrons. The van der Waals surface area contributed by atoms with Crippen molar-refractivity contribution in [3.05, 3.63) is 29.8 Å². The summed E-state index contributed by atoms with van der Waals surface area (Å²) in [6.45, 7) is 0. The van der Waals surface area contributed by atoms with Gasteiger partial charge in [0.15, 0.2) is 0 Å². The highest BCUT2D eigenvalue weighted by Crippen LogP contribution is 1.99. The number of rotatable bonds is 1. The Kier molecular flexibility index (Phi) is 1.91. The second kappa shape index (κ2) is 2.70. The molecule has 0 radical (unpaired) electrons. The molecule has 0 aliphatic heterocycles. The largest absolute Gasteiger partial charge is 0.389 e. The topological polar surface area (TPSA) is 38.9 Å². The molecule has 1 heterocycles. The van der Waals surface area contributed by atoms with Crippen molar-refractivity contribution in [3.63, 3.8) is 0 Å². The molecule has 0 aliphatic carbocycles. The minimum atomic E-state index is -0.426. The van der Waals surface area contributed by atoms with Crippen LogP contribution in [0.2, 0.25) is 0 Å². The first-order valence-corrected chi connectivity index (χ1v) is 3.01. The molecule has 0 aromatic carbocycles. The van der Waals surface area contributed by atoms with E-state index in [-0.39, 0.29) is 4.99 Å². The number of nitrogens with two attached hydrogens (primary N) is 1. The van der Waals surface area contributed by atoms with Gasteiger partial charge in [-0.05, 0) is 6.07 Å². The van der Waals surface area contributed by atoms with Gasteiger partial charge < -0.3 is 5.73 Å². The van der Waals surface area contributed by atoms with Crippen LogP contribution in [-0.4, -0.2) is 9.97 Å². The summed E-state index contributed by atoms with van der Waals surface area (Å²) >= 11 is 4.59. The highest BCUT2D eigenvalue weighted by atomic mass is 32.1. The van der Waals surface area contributed by atoms with E-state index in [9.17, 15) is 4.39 Å². The zero-order valence-corrected chi connectivity index (χ0v) is 5.86. The highest BCUT2D eigenvalue weighted by Gasteiger charge is 1.96. The van der Waals surface area contributed by atoms with E-state index in [1.807, 2.05) is 0 Å². The molecule has 0 saturated carbocycles. The number of hydrogen-bond acceptors (Lipinski definition) is 2. The Hall–Kier alpha value is -1.03. The van der Waals surface area contributed by atoms with Gasteiger partial charge in [-0.3, -0.25) is 4.98 Å². The van der Waals surface area contributed by atoms with Crippen LogP contribution in [0.1, 0.15) is 5.56 Å². The maximum Gasteiger partial charge on any atom is 0.142 e. The summed E-state index contributed by atoms with van der Waals surface area (Å²) in [5, 5.41) is 0. The molecular formula is C6H5FN2S. The van der Waals surface area contributed by atoms with Gasteiger partial charge in [0.2, 0.25) is 0 Å². The number of hydrogen-bond donors (Lipinski definition) is 1. The molecule has 0 aliphatic rings. The Bertz CT molecular complexity index is 262. The van der Waals surface area contributed by atoms with Crippen molar-refractivity contribution >= 4 is 17.2 Å². The fourth-order valence-corrected chi connectivity index (χ4v) is 0.658. The van der Waals surface area contributed by atoms with E-state index >= 15 is 0 Å². The van der Waals surface area contributed by atoms with Crippen LogP contribution in [-0.2, 0) is 0 Å². The molecule has 0 saturated heterocycles. The average molecular weight is 156 g/mol. The van der Waals surface area contributed by atoms with Gasteiger partial charge in [-0.1, -0.05) is 12.2 Å². The smallest absolute Gasteiger partial charge is 0.142 e. The van der Waals surface area contributed by atoms with E-state index in [1.165, 1.54) is 12.3 Å². The Labute approximate surface area is 62.9 Å². The van der Waals surface area contributed by atoms with Crippen molar-refractivity contribution < 1.29 is 4.39 Å². The number of halogens is 1. The lowest BCUT2D eigenvalue weighted by Crippen LogP contribution is -2.09. The third-order valence-electron chi connectivity index (χ3n) is 0.989. The summed E-state index contributed by atoms with van der Waals surface area (Å²) in [6.07, 6.45) is 2.52. The van der Waals surface area contributed by atoms with E-state index in [0.29, 0.717) is 5.56 Å². The molecule has 4 heteroatoms. The first kappa shape index (κ1) is 7.08. The fraction of sp³-hybridized carbons (Fsp3) is 0. The van der Waals surface area contributed by atoms with Crippen LogP contribution in [0.5, 0.6) is 0 Å². The van der Waals surface area contributed by atoms with Crippen LogP contribution < -0.4 is 5.73 Å². The van der Waals surface area contributed by atoms with Crippen molar-refractivity contribution in [2.75, 3.05) is 0 Å². The quantitative estimate of drug-likeness (QED) is 0.613. The Morgan fingerprint density at radius 3 is 2.70 bits per heavy atom. The van der Waals surface area contributed by atoms with Gasteiger partial charge in [-0.2, -0.15) is 0 Å². The van der Waals surface area contributed by atoms with Crippen LogP contribution in [0.25, 0.3) is 0 Å². The fourth-order valence-electron chi connectivity index (χ4n) is 0.547. The first-order chi connectivity index (χ1) is 4.70. The van der Waals surface area contributed by atoms with Gasteiger partial charge in [0.05, 0.1) is 6.20 Å². The van der Waals surface area contributed by atoms with E-state index in [0.717, 1.165) is 6.20 Å². The zero-order chi connectivity index (χ0) is 7.56. The van der Waals surface area contributed by atoms with Crippen LogP contribution in [0.15, 0.2) is 18.5 Å². The molecule has 1 rings (SSSR count). The van der Waals surface area contributed by atoms with Crippen molar-refractivity contribution in [1.82, 2.24) is 4.98 Å². The van der Waals surface area contributed by atoms with Crippen LogP contribution in [0, 0.1) is 5.82 Å². The number of nitrogens with zero attached hydrogens (tertiary/aromatic N) is 1. The van der Waals surface area contributed by atoms with E-state index in [1.54, 1.807) is 0 Å². The number of aromatic nitrogens is 1. The molecule has 10 heavy (non-hydrogen) atoms. The summed E-state index contributed by atoms with van der Waals surface area (Å²) in [5.41, 5.74) is 5.66. The molecule has 0 amide bonds. The average Bonchev–Trinajstić information content (AvgIpc) is 1.88. The molecule has 0 bridgehead atoms. The summed E-state index contributed by atoms with van der Waals surface area (Å²) < 4.78 is 12.3. The molecular weight excluding hydrogens is 151 g/mol. The Morgan fingerprint density at radius 2 is 2.30 bits per heavy atom. The van der Waals surface area contributed by atoms with Crippen molar-refractivity contribution in [3.8, 4) is 0 Å². The van der Waals surface area contributed by atoms with Gasteiger partial charge in [0, 0.05) is 11.8 Å². The molecule has 2 nitrogen and oxygen atoms in total. The van der Waals surface area contributed by atoms with Crippen molar-refractivity contribution in [2.45, 2.75) is 0 Å². The molecule has 1 aromatic rings. The van der Waals surface area contributed by atoms with Crippen LogP contribution in [0.3, 0.4) is 0 Å². The summed E-state index contributed by atoms with van der Waals surface area (Å²) in [7, 11) is 0. The minimum absolute atomic E-state index is 0.159. The van der Waals surface area contributed by atoms with Gasteiger partial charge in [-0.25, -0.2) is 4.39 Å². The van der Waals surface area contributed by atoms with Crippen molar-refractivity contribution in [2.24, 2.45) is 5.73 Å². The lowest BCUT2D eigenvalue weighted by molar-refractivity contribution is 0.621. The molecule has 0 spiro atoms. The lowest BCUT2D eigenvalue weighted by atomic mass is 10.3. The van der Waals surface area contributed by atoms with E-state index < -0.39 is 5.82 Å². The van der Waals surface area contributed by atoms with E-state index in [4.69, 9.17) is 5.73 Å². The SMILES string of the molecule is NC(=S)c1cncc(F)c1. The van der Waals surface area contributed by atoms with E-state index in [2.05, 4.69) is 17.2 Å². The summed E-state index contributed by atoms with van der Waals surface area (Å²) in [5.74, 6) is -0.426. The summed E-state index contributed by atoms with van der Waals surface area (Å²) in [4.78, 5) is 3.72. The molecule has 0 atom stereocenters. The molecule has 2 N–H and O–H groups in total. The van der Waals surface area contributed by atoms with Crippen LogP contribution >= 0.6 is 12.2 Å². The van der Waals surface area contributed by atoms with Gasteiger partial charge >= 0.3 is 0 Å². The molecule has 0 unspecified atom stereocenters. The molecule has 0 fully saturated rings. The number of pyridine rings is 1. The zero-order valence-electron chi connectivity index (χ0n) is 5.04. The standard InChI is InChI=1S/C6H5FN2S/c7-5-1-4(6(8)10)2-9-3-5/h1-3H,(H2,8,10). The third kappa shape index (κ3) is 1.48. The van der Waals surface area contributed by atoms with Gasteiger partial charge in [0.1, 0.15) is 10.8 Å². The predicted octanol–water partition coefficient (Wildman–Crippen LogP) is 0.855. The number of thiocarbonyl (C=S) groups is 1. The second-order valence-electron chi connectivity index (χ2n) is 1.76. The Morgan fingerprint density at radius 1 is 1.60 bits per heavy atom. The Balaban J connectivity index is 3.07. The lowest BCUT2D eigenvalue weighted by Gasteiger charge is -1.94. The monoisotopic (exact) mass is 156 g/mol. The highest BCUT2D eigenvalue weighted by molar-refractivity contribution is 7.80. The maximum absolute atomic E-state index is 12.3. The van der Waals surface area contributed by atoms with Crippen LogP contribution in [0.4, 0.5) is 4.39 Å². The summed E-state index contributed by atoms with van der Waals surface area (Å²) in [6, 6.07) is 1.25. The maximum atomic E-state index is 12.3.